The fourth-order valence-electron chi connectivity index (χ4n) is 2.54. The molecule has 3 N–H and O–H groups in total. The number of pyridine rings is 1. The summed E-state index contributed by atoms with van der Waals surface area (Å²) in [5.74, 6) is 1.90. The number of nitrogens with two attached hydrogens (primary N) is 1. The predicted octanol–water partition coefficient (Wildman–Crippen LogP) is 3.99. The lowest BCUT2D eigenvalue weighted by atomic mass is 10.2. The quantitative estimate of drug-likeness (QED) is 0.516. The number of nitrogens with zero attached hydrogens (tertiary/aromatic N) is 2. The molecule has 0 aliphatic carbocycles. The van der Waals surface area contributed by atoms with Gasteiger partial charge in [-0.2, -0.15) is 0 Å². The number of rotatable bonds is 8. The average Bonchev–Trinajstić information content (AvgIpc) is 3.03. The number of carbonyl (C=O) groups excluding carboxylic acids is 1. The van der Waals surface area contributed by atoms with Crippen LogP contribution in [-0.4, -0.2) is 29.2 Å². The molecule has 1 amide bonds. The van der Waals surface area contributed by atoms with Gasteiger partial charge < -0.3 is 20.3 Å². The minimum absolute atomic E-state index is 0. The van der Waals surface area contributed by atoms with Crippen LogP contribution in [0.1, 0.15) is 27.4 Å². The summed E-state index contributed by atoms with van der Waals surface area (Å²) in [6.45, 7) is 4.68. The lowest BCUT2D eigenvalue weighted by molar-refractivity contribution is 0.102. The van der Waals surface area contributed by atoms with Crippen molar-refractivity contribution in [3.05, 3.63) is 65.2 Å². The van der Waals surface area contributed by atoms with Crippen LogP contribution in [0.5, 0.6) is 5.75 Å². The molecule has 0 saturated heterocycles. The summed E-state index contributed by atoms with van der Waals surface area (Å²) in [6, 6.07) is 10.7. The van der Waals surface area contributed by atoms with Crippen LogP contribution in [-0.2, 0) is 5.75 Å². The molecule has 3 rings (SSSR count). The van der Waals surface area contributed by atoms with Gasteiger partial charge >= 0.3 is 0 Å². The van der Waals surface area contributed by atoms with Crippen molar-refractivity contribution in [3.8, 4) is 5.75 Å². The van der Waals surface area contributed by atoms with Crippen molar-refractivity contribution in [1.82, 2.24) is 10.1 Å². The number of aromatic nitrogens is 2. The molecule has 0 atom stereocenters. The number of hydrogen-bond acceptors (Lipinski definition) is 7. The van der Waals surface area contributed by atoms with Crippen molar-refractivity contribution in [1.29, 1.82) is 0 Å². The molecule has 1 aromatic carbocycles. The first-order valence-electron chi connectivity index (χ1n) is 8.82. The highest BCUT2D eigenvalue weighted by molar-refractivity contribution is 7.98. The second-order valence-electron chi connectivity index (χ2n) is 6.06. The van der Waals surface area contributed by atoms with Gasteiger partial charge in [0.25, 0.3) is 5.91 Å². The minimum atomic E-state index is -0.218. The number of amides is 1. The van der Waals surface area contributed by atoms with Crippen molar-refractivity contribution in [2.45, 2.75) is 24.6 Å². The molecule has 0 spiro atoms. The Balaban J connectivity index is 0.00000300. The molecule has 0 fully saturated rings. The Kier molecular flexibility index (Phi) is 8.50. The molecule has 2 aromatic heterocycles. The van der Waals surface area contributed by atoms with Crippen molar-refractivity contribution < 1.29 is 14.1 Å². The molecule has 29 heavy (non-hydrogen) atoms. The van der Waals surface area contributed by atoms with Gasteiger partial charge in [-0.05, 0) is 50.2 Å². The van der Waals surface area contributed by atoms with E-state index in [0.717, 1.165) is 17.0 Å². The van der Waals surface area contributed by atoms with E-state index in [0.29, 0.717) is 40.9 Å². The summed E-state index contributed by atoms with van der Waals surface area (Å²) in [5, 5.41) is 7.51. The van der Waals surface area contributed by atoms with E-state index < -0.39 is 0 Å². The summed E-state index contributed by atoms with van der Waals surface area (Å²) in [5.41, 5.74) is 8.49. The number of halogens is 1. The zero-order valence-corrected chi connectivity index (χ0v) is 17.8. The van der Waals surface area contributed by atoms with E-state index in [-0.39, 0.29) is 18.3 Å². The molecule has 7 nitrogen and oxygen atoms in total. The first-order chi connectivity index (χ1) is 13.6. The third-order valence-corrected chi connectivity index (χ3v) is 5.08. The molecule has 0 aliphatic rings. The topological polar surface area (TPSA) is 103 Å². The molecular formula is C20H23ClN4O3S. The zero-order valence-electron chi connectivity index (χ0n) is 16.2. The summed E-state index contributed by atoms with van der Waals surface area (Å²) >= 11 is 1.48. The second kappa shape index (κ2) is 10.8. The molecular weight excluding hydrogens is 412 g/mol. The van der Waals surface area contributed by atoms with Gasteiger partial charge in [-0.3, -0.25) is 4.79 Å². The first-order valence-corrected chi connectivity index (χ1v) is 9.81. The number of thioether (sulfide) groups is 1. The number of benzene rings is 1. The average molecular weight is 435 g/mol. The van der Waals surface area contributed by atoms with Gasteiger partial charge in [0.2, 0.25) is 0 Å². The molecule has 0 bridgehead atoms. The standard InChI is InChI=1S/C20H22N4O3S.ClH/c1-13-18(14(2)27-24-13)12-28-20-17(4-3-10-22-20)19(25)23-15-5-7-16(8-6-15)26-11-9-21;/h3-8,10H,9,11-12,21H2,1-2H3,(H,23,25);1H. The molecule has 0 unspecified atom stereocenters. The van der Waals surface area contributed by atoms with Gasteiger partial charge in [0.15, 0.2) is 0 Å². The summed E-state index contributed by atoms with van der Waals surface area (Å²) in [4.78, 5) is 17.1. The van der Waals surface area contributed by atoms with Crippen molar-refractivity contribution in [2.24, 2.45) is 5.73 Å². The van der Waals surface area contributed by atoms with Crippen LogP contribution in [0.25, 0.3) is 0 Å². The molecule has 3 aromatic rings. The predicted molar refractivity (Wildman–Crippen MR) is 116 cm³/mol. The molecule has 0 radical (unpaired) electrons. The Bertz CT molecular complexity index is 928. The molecule has 154 valence electrons. The van der Waals surface area contributed by atoms with E-state index in [4.69, 9.17) is 15.0 Å². The van der Waals surface area contributed by atoms with Crippen molar-refractivity contribution in [3.63, 3.8) is 0 Å². The number of anilines is 1. The van der Waals surface area contributed by atoms with E-state index in [1.165, 1.54) is 11.8 Å². The van der Waals surface area contributed by atoms with Crippen LogP contribution < -0.4 is 15.8 Å². The fourth-order valence-corrected chi connectivity index (χ4v) is 3.68. The lowest BCUT2D eigenvalue weighted by Crippen LogP contribution is -2.14. The maximum Gasteiger partial charge on any atom is 0.258 e. The minimum Gasteiger partial charge on any atom is -0.492 e. The maximum absolute atomic E-state index is 12.7. The number of ether oxygens (including phenoxy) is 1. The van der Waals surface area contributed by atoms with Crippen molar-refractivity contribution >= 4 is 35.8 Å². The van der Waals surface area contributed by atoms with Gasteiger partial charge in [-0.15, -0.1) is 24.2 Å². The highest BCUT2D eigenvalue weighted by atomic mass is 35.5. The van der Waals surface area contributed by atoms with E-state index >= 15 is 0 Å². The van der Waals surface area contributed by atoms with Gasteiger partial charge in [0.05, 0.1) is 11.3 Å². The SMILES string of the molecule is Cc1noc(C)c1CSc1ncccc1C(=O)Nc1ccc(OCCN)cc1.Cl. The van der Waals surface area contributed by atoms with Crippen LogP contribution >= 0.6 is 24.2 Å². The smallest absolute Gasteiger partial charge is 0.258 e. The van der Waals surface area contributed by atoms with Gasteiger partial charge in [0, 0.05) is 29.7 Å². The molecule has 0 aliphatic heterocycles. The van der Waals surface area contributed by atoms with E-state index in [9.17, 15) is 4.79 Å². The van der Waals surface area contributed by atoms with Crippen LogP contribution in [0.3, 0.4) is 0 Å². The van der Waals surface area contributed by atoms with Gasteiger partial charge in [-0.25, -0.2) is 4.98 Å². The fraction of sp³-hybridized carbons (Fsp3) is 0.250. The lowest BCUT2D eigenvalue weighted by Gasteiger charge is -2.10. The van der Waals surface area contributed by atoms with Crippen molar-refractivity contribution in [2.75, 3.05) is 18.5 Å². The van der Waals surface area contributed by atoms with Crippen LogP contribution in [0.4, 0.5) is 5.69 Å². The summed E-state index contributed by atoms with van der Waals surface area (Å²) < 4.78 is 10.6. The number of hydrogen-bond donors (Lipinski definition) is 2. The third-order valence-electron chi connectivity index (χ3n) is 4.05. The Labute approximate surface area is 179 Å². The van der Waals surface area contributed by atoms with E-state index in [1.54, 1.807) is 42.6 Å². The molecule has 0 saturated carbocycles. The number of carbonyl (C=O) groups is 1. The summed E-state index contributed by atoms with van der Waals surface area (Å²) in [7, 11) is 0. The highest BCUT2D eigenvalue weighted by Crippen LogP contribution is 2.27. The largest absolute Gasteiger partial charge is 0.492 e. The van der Waals surface area contributed by atoms with Crippen LogP contribution in [0.2, 0.25) is 0 Å². The van der Waals surface area contributed by atoms with E-state index in [1.807, 2.05) is 13.8 Å². The molecule has 9 heteroatoms. The second-order valence-corrected chi connectivity index (χ2v) is 7.03. The Morgan fingerprint density at radius 3 is 2.66 bits per heavy atom. The van der Waals surface area contributed by atoms with Gasteiger partial charge in [-0.1, -0.05) is 5.16 Å². The van der Waals surface area contributed by atoms with E-state index in [2.05, 4.69) is 15.5 Å². The maximum atomic E-state index is 12.7. The monoisotopic (exact) mass is 434 g/mol. The Morgan fingerprint density at radius 1 is 1.24 bits per heavy atom. The number of nitrogens with one attached hydrogen (secondary N) is 1. The highest BCUT2D eigenvalue weighted by Gasteiger charge is 2.15. The molecule has 2 heterocycles. The van der Waals surface area contributed by atoms with Crippen LogP contribution in [0, 0.1) is 13.8 Å². The zero-order chi connectivity index (χ0) is 19.9. The summed E-state index contributed by atoms with van der Waals surface area (Å²) in [6.07, 6.45) is 1.68. The number of aryl methyl sites for hydroxylation is 2. The third kappa shape index (κ3) is 5.96. The first kappa shape index (κ1) is 22.7. The normalized spacial score (nSPS) is 10.3. The Hall–Kier alpha value is -2.55. The van der Waals surface area contributed by atoms with Gasteiger partial charge in [0.1, 0.15) is 23.1 Å². The Morgan fingerprint density at radius 2 is 2.00 bits per heavy atom. The van der Waals surface area contributed by atoms with Crippen LogP contribution in [0.15, 0.2) is 52.1 Å².